The van der Waals surface area contributed by atoms with Crippen molar-refractivity contribution in [3.63, 3.8) is 0 Å². The third kappa shape index (κ3) is 5.26. The molecule has 0 spiro atoms. The summed E-state index contributed by atoms with van der Waals surface area (Å²) in [6.45, 7) is 8.64. The molecule has 2 aromatic heterocycles. The molecule has 1 amide bonds. The summed E-state index contributed by atoms with van der Waals surface area (Å²) in [7, 11) is 0. The van der Waals surface area contributed by atoms with Gasteiger partial charge in [-0.1, -0.05) is 41.4 Å². The molecule has 0 radical (unpaired) electrons. The van der Waals surface area contributed by atoms with E-state index in [1.165, 1.54) is 5.56 Å². The van der Waals surface area contributed by atoms with Crippen LogP contribution in [0.15, 0.2) is 54.7 Å². The van der Waals surface area contributed by atoms with Crippen LogP contribution in [0.4, 0.5) is 5.69 Å². The summed E-state index contributed by atoms with van der Waals surface area (Å²) in [6.07, 6.45) is 1.71. The zero-order chi connectivity index (χ0) is 23.5. The number of aromatic nitrogens is 4. The maximum Gasteiger partial charge on any atom is 0.276 e. The monoisotopic (exact) mass is 463 g/mol. The van der Waals surface area contributed by atoms with Crippen molar-refractivity contribution in [1.82, 2.24) is 19.6 Å². The van der Waals surface area contributed by atoms with Crippen molar-refractivity contribution in [3.8, 4) is 5.75 Å². The molecule has 0 aliphatic carbocycles. The lowest BCUT2D eigenvalue weighted by atomic mass is 10.1. The molecule has 0 aliphatic heterocycles. The minimum Gasteiger partial charge on any atom is -0.471 e. The van der Waals surface area contributed by atoms with Crippen molar-refractivity contribution in [2.24, 2.45) is 0 Å². The molecular formula is C25H26ClN5O2. The zero-order valence-electron chi connectivity index (χ0n) is 19.1. The predicted molar refractivity (Wildman–Crippen MR) is 129 cm³/mol. The van der Waals surface area contributed by atoms with Gasteiger partial charge in [-0.25, -0.2) is 4.68 Å². The number of halogens is 1. The summed E-state index contributed by atoms with van der Waals surface area (Å²) >= 11 is 6.05. The van der Waals surface area contributed by atoms with E-state index in [1.54, 1.807) is 29.1 Å². The lowest BCUT2D eigenvalue weighted by Gasteiger charge is -2.08. The molecule has 7 nitrogen and oxygen atoms in total. The Hall–Kier alpha value is -3.58. The number of hydrogen-bond donors (Lipinski definition) is 1. The van der Waals surface area contributed by atoms with Crippen LogP contribution in [0, 0.1) is 27.7 Å². The lowest BCUT2D eigenvalue weighted by Crippen LogP contribution is -2.15. The van der Waals surface area contributed by atoms with Gasteiger partial charge in [-0.15, -0.1) is 0 Å². The largest absolute Gasteiger partial charge is 0.471 e. The number of ether oxygens (including phenoxy) is 1. The first kappa shape index (κ1) is 22.6. The summed E-state index contributed by atoms with van der Waals surface area (Å²) < 4.78 is 9.21. The standard InChI is InChI=1S/C25H26ClN5O2/c1-16-6-5-7-20(12-16)14-31-19(4)24(18(3)28-31)27-25(32)23-10-11-30(29-23)15-33-21-8-9-22(26)17(2)13-21/h5-13H,14-15H2,1-4H3,(H,27,32). The maximum atomic E-state index is 12.8. The highest BCUT2D eigenvalue weighted by atomic mass is 35.5. The number of benzene rings is 2. The first-order valence-corrected chi connectivity index (χ1v) is 11.0. The van der Waals surface area contributed by atoms with Gasteiger partial charge in [0.05, 0.1) is 23.6 Å². The van der Waals surface area contributed by atoms with Crippen LogP contribution in [0.3, 0.4) is 0 Å². The summed E-state index contributed by atoms with van der Waals surface area (Å²) in [4.78, 5) is 12.8. The van der Waals surface area contributed by atoms with Crippen LogP contribution in [0.25, 0.3) is 0 Å². The SMILES string of the molecule is Cc1cccc(Cn2nc(C)c(NC(=O)c3ccn(COc4ccc(Cl)c(C)c4)n3)c2C)c1. The van der Waals surface area contributed by atoms with E-state index in [1.807, 2.05) is 37.6 Å². The summed E-state index contributed by atoms with van der Waals surface area (Å²) in [5.41, 5.74) is 5.95. The van der Waals surface area contributed by atoms with Gasteiger partial charge in [-0.3, -0.25) is 9.48 Å². The van der Waals surface area contributed by atoms with Gasteiger partial charge in [0.15, 0.2) is 12.4 Å². The van der Waals surface area contributed by atoms with E-state index in [4.69, 9.17) is 16.3 Å². The fraction of sp³-hybridized carbons (Fsp3) is 0.240. The quantitative estimate of drug-likeness (QED) is 0.403. The first-order valence-electron chi connectivity index (χ1n) is 10.6. The Balaban J connectivity index is 1.42. The minimum absolute atomic E-state index is 0.181. The van der Waals surface area contributed by atoms with E-state index >= 15 is 0 Å². The number of carbonyl (C=O) groups excluding carboxylic acids is 1. The molecule has 0 unspecified atom stereocenters. The third-order valence-corrected chi connectivity index (χ3v) is 5.83. The van der Waals surface area contributed by atoms with Crippen molar-refractivity contribution < 1.29 is 9.53 Å². The van der Waals surface area contributed by atoms with Gasteiger partial charge in [-0.2, -0.15) is 10.2 Å². The molecule has 0 fully saturated rings. The number of rotatable bonds is 7. The maximum absolute atomic E-state index is 12.8. The molecule has 0 aliphatic rings. The van der Waals surface area contributed by atoms with Crippen LogP contribution in [-0.4, -0.2) is 25.5 Å². The second-order valence-electron chi connectivity index (χ2n) is 8.07. The summed E-state index contributed by atoms with van der Waals surface area (Å²) in [5.74, 6) is 0.392. The van der Waals surface area contributed by atoms with Crippen molar-refractivity contribution in [1.29, 1.82) is 0 Å². The van der Waals surface area contributed by atoms with E-state index in [-0.39, 0.29) is 12.6 Å². The van der Waals surface area contributed by atoms with Crippen LogP contribution >= 0.6 is 11.6 Å². The molecule has 2 aromatic carbocycles. The molecule has 170 valence electrons. The first-order chi connectivity index (χ1) is 15.8. The molecule has 2 heterocycles. The van der Waals surface area contributed by atoms with E-state index in [2.05, 4.69) is 40.6 Å². The van der Waals surface area contributed by atoms with Crippen molar-refractivity contribution in [2.45, 2.75) is 41.0 Å². The van der Waals surface area contributed by atoms with Crippen molar-refractivity contribution in [2.75, 3.05) is 5.32 Å². The van der Waals surface area contributed by atoms with Crippen LogP contribution in [0.1, 0.15) is 38.6 Å². The van der Waals surface area contributed by atoms with Gasteiger partial charge in [0, 0.05) is 11.2 Å². The fourth-order valence-electron chi connectivity index (χ4n) is 3.60. The Kier molecular flexibility index (Phi) is 6.51. The van der Waals surface area contributed by atoms with Crippen LogP contribution in [0.5, 0.6) is 5.75 Å². The second-order valence-corrected chi connectivity index (χ2v) is 8.48. The van der Waals surface area contributed by atoms with E-state index < -0.39 is 0 Å². The zero-order valence-corrected chi connectivity index (χ0v) is 19.8. The summed E-state index contributed by atoms with van der Waals surface area (Å²) in [6, 6.07) is 15.4. The van der Waals surface area contributed by atoms with Crippen molar-refractivity contribution >= 4 is 23.2 Å². The van der Waals surface area contributed by atoms with E-state index in [0.717, 1.165) is 22.5 Å². The average molecular weight is 464 g/mol. The number of anilines is 1. The Labute approximate surface area is 197 Å². The normalized spacial score (nSPS) is 10.9. The number of nitrogens with zero attached hydrogens (tertiary/aromatic N) is 4. The number of hydrogen-bond acceptors (Lipinski definition) is 4. The molecule has 33 heavy (non-hydrogen) atoms. The summed E-state index contributed by atoms with van der Waals surface area (Å²) in [5, 5.41) is 12.6. The number of nitrogens with one attached hydrogen (secondary N) is 1. The second kappa shape index (κ2) is 9.50. The Bertz CT molecular complexity index is 1310. The van der Waals surface area contributed by atoms with Gasteiger partial charge in [-0.05, 0) is 63.1 Å². The van der Waals surface area contributed by atoms with Crippen LogP contribution in [0.2, 0.25) is 5.02 Å². The smallest absolute Gasteiger partial charge is 0.276 e. The lowest BCUT2D eigenvalue weighted by molar-refractivity contribution is 0.102. The number of amides is 1. The number of aryl methyl sites for hydroxylation is 3. The molecule has 8 heteroatoms. The molecule has 0 atom stereocenters. The molecule has 4 rings (SSSR count). The van der Waals surface area contributed by atoms with Gasteiger partial charge >= 0.3 is 0 Å². The minimum atomic E-state index is -0.294. The predicted octanol–water partition coefficient (Wildman–Crippen LogP) is 5.30. The highest BCUT2D eigenvalue weighted by molar-refractivity contribution is 6.31. The Morgan fingerprint density at radius 1 is 1.06 bits per heavy atom. The highest BCUT2D eigenvalue weighted by Crippen LogP contribution is 2.22. The molecule has 1 N–H and O–H groups in total. The molecule has 0 saturated heterocycles. The topological polar surface area (TPSA) is 74.0 Å². The fourth-order valence-corrected chi connectivity index (χ4v) is 3.71. The molecular weight excluding hydrogens is 438 g/mol. The molecule has 0 saturated carbocycles. The van der Waals surface area contributed by atoms with E-state index in [0.29, 0.717) is 28.7 Å². The third-order valence-electron chi connectivity index (χ3n) is 5.40. The average Bonchev–Trinajstić information content (AvgIpc) is 3.35. The number of carbonyl (C=O) groups is 1. The molecule has 4 aromatic rings. The Morgan fingerprint density at radius 3 is 2.64 bits per heavy atom. The highest BCUT2D eigenvalue weighted by Gasteiger charge is 2.17. The van der Waals surface area contributed by atoms with Gasteiger partial charge in [0.25, 0.3) is 5.91 Å². The van der Waals surface area contributed by atoms with Gasteiger partial charge < -0.3 is 10.1 Å². The van der Waals surface area contributed by atoms with Gasteiger partial charge in [0.2, 0.25) is 0 Å². The molecule has 0 bridgehead atoms. The van der Waals surface area contributed by atoms with Gasteiger partial charge in [0.1, 0.15) is 5.75 Å². The van der Waals surface area contributed by atoms with Crippen molar-refractivity contribution in [3.05, 3.63) is 93.5 Å². The Morgan fingerprint density at radius 2 is 1.88 bits per heavy atom. The van der Waals surface area contributed by atoms with Crippen LogP contribution < -0.4 is 10.1 Å². The van der Waals surface area contributed by atoms with E-state index in [9.17, 15) is 4.79 Å². The van der Waals surface area contributed by atoms with Crippen LogP contribution in [-0.2, 0) is 13.3 Å².